The summed E-state index contributed by atoms with van der Waals surface area (Å²) in [6.45, 7) is 5.33. The van der Waals surface area contributed by atoms with Gasteiger partial charge >= 0.3 is 0 Å². The van der Waals surface area contributed by atoms with Crippen LogP contribution in [0, 0.1) is 6.92 Å². The molecule has 0 saturated heterocycles. The number of aromatic nitrogens is 1. The Kier molecular flexibility index (Phi) is 6.63. The van der Waals surface area contributed by atoms with E-state index in [1.807, 2.05) is 48.5 Å². The van der Waals surface area contributed by atoms with Gasteiger partial charge in [-0.3, -0.25) is 4.79 Å². The largest absolute Gasteiger partial charge is 0.493 e. The van der Waals surface area contributed by atoms with Crippen LogP contribution in [-0.2, 0) is 4.79 Å². The van der Waals surface area contributed by atoms with Crippen molar-refractivity contribution in [3.05, 3.63) is 78.5 Å². The molecule has 0 aliphatic rings. The maximum Gasteiger partial charge on any atom is 0.228 e. The molecule has 28 heavy (non-hydrogen) atoms. The number of ether oxygens (including phenoxy) is 1. The Labute approximate surface area is 166 Å². The maximum absolute atomic E-state index is 12.1. The molecule has 0 saturated carbocycles. The van der Waals surface area contributed by atoms with Crippen molar-refractivity contribution < 1.29 is 9.53 Å². The number of hydrogen-bond acceptors (Lipinski definition) is 4. The molecule has 0 aliphatic carbocycles. The summed E-state index contributed by atoms with van der Waals surface area (Å²) in [4.78, 5) is 18.7. The minimum absolute atomic E-state index is 0.123. The Morgan fingerprint density at radius 1 is 1.04 bits per heavy atom. The van der Waals surface area contributed by atoms with E-state index in [-0.39, 0.29) is 12.3 Å². The third-order valence-corrected chi connectivity index (χ3v) is 4.30. The Bertz CT molecular complexity index is 895. The van der Waals surface area contributed by atoms with E-state index in [2.05, 4.69) is 47.2 Å². The topological polar surface area (TPSA) is 54.5 Å². The van der Waals surface area contributed by atoms with Crippen molar-refractivity contribution in [1.29, 1.82) is 0 Å². The number of nitrogens with zero attached hydrogens (tertiary/aromatic N) is 2. The third-order valence-electron chi connectivity index (χ3n) is 4.30. The number of anilines is 3. The van der Waals surface area contributed by atoms with Crippen molar-refractivity contribution in [2.75, 3.05) is 23.4 Å². The van der Waals surface area contributed by atoms with Crippen LogP contribution in [0.5, 0.6) is 5.75 Å². The molecule has 1 N–H and O–H groups in total. The maximum atomic E-state index is 12.1. The number of nitrogens with one attached hydrogen (secondary N) is 1. The highest BCUT2D eigenvalue weighted by atomic mass is 16.5. The molecule has 0 unspecified atom stereocenters. The summed E-state index contributed by atoms with van der Waals surface area (Å²) in [5, 5.41) is 2.81. The highest BCUT2D eigenvalue weighted by Gasteiger charge is 2.09. The minimum Gasteiger partial charge on any atom is -0.493 e. The van der Waals surface area contributed by atoms with Gasteiger partial charge in [-0.05, 0) is 55.8 Å². The second kappa shape index (κ2) is 9.55. The van der Waals surface area contributed by atoms with E-state index in [9.17, 15) is 4.79 Å². The SMILES string of the molecule is CCN(c1ccc(NC(=O)CCOc2ccccc2)nc1)c1cccc(C)c1. The van der Waals surface area contributed by atoms with Crippen LogP contribution < -0.4 is 15.0 Å². The number of amides is 1. The van der Waals surface area contributed by atoms with Crippen molar-refractivity contribution in [2.24, 2.45) is 0 Å². The number of hydrogen-bond donors (Lipinski definition) is 1. The van der Waals surface area contributed by atoms with Gasteiger partial charge in [0.1, 0.15) is 11.6 Å². The van der Waals surface area contributed by atoms with Gasteiger partial charge in [-0.15, -0.1) is 0 Å². The summed E-state index contributed by atoms with van der Waals surface area (Å²) in [5.74, 6) is 1.17. The number of para-hydroxylation sites is 1. The molecule has 0 spiro atoms. The molecule has 0 radical (unpaired) electrons. The average Bonchev–Trinajstić information content (AvgIpc) is 2.71. The normalized spacial score (nSPS) is 10.4. The minimum atomic E-state index is -0.123. The van der Waals surface area contributed by atoms with E-state index >= 15 is 0 Å². The molecule has 1 heterocycles. The predicted octanol–water partition coefficient (Wildman–Crippen LogP) is 4.96. The van der Waals surface area contributed by atoms with E-state index in [0.29, 0.717) is 12.4 Å². The third kappa shape index (κ3) is 5.33. The zero-order chi connectivity index (χ0) is 19.8. The van der Waals surface area contributed by atoms with Crippen molar-refractivity contribution in [3.8, 4) is 5.75 Å². The van der Waals surface area contributed by atoms with Gasteiger partial charge in [0.15, 0.2) is 0 Å². The van der Waals surface area contributed by atoms with E-state index in [4.69, 9.17) is 4.74 Å². The predicted molar refractivity (Wildman–Crippen MR) is 113 cm³/mol. The molecule has 0 fully saturated rings. The lowest BCUT2D eigenvalue weighted by Crippen LogP contribution is -2.18. The zero-order valence-electron chi connectivity index (χ0n) is 16.3. The highest BCUT2D eigenvalue weighted by molar-refractivity contribution is 5.90. The lowest BCUT2D eigenvalue weighted by Gasteiger charge is -2.23. The number of aryl methyl sites for hydroxylation is 1. The first-order valence-electron chi connectivity index (χ1n) is 9.43. The first-order chi connectivity index (χ1) is 13.7. The Morgan fingerprint density at radius 2 is 1.86 bits per heavy atom. The van der Waals surface area contributed by atoms with Gasteiger partial charge in [0.2, 0.25) is 5.91 Å². The van der Waals surface area contributed by atoms with E-state index in [1.54, 1.807) is 6.20 Å². The van der Waals surface area contributed by atoms with Crippen molar-refractivity contribution in [1.82, 2.24) is 4.98 Å². The first-order valence-corrected chi connectivity index (χ1v) is 9.43. The standard InChI is InChI=1S/C23H25N3O2/c1-3-26(19-9-7-8-18(2)16-19)20-12-13-22(24-17-20)25-23(27)14-15-28-21-10-5-4-6-11-21/h4-13,16-17H,3,14-15H2,1-2H3,(H,24,25,27). The summed E-state index contributed by atoms with van der Waals surface area (Å²) in [6, 6.07) is 21.6. The summed E-state index contributed by atoms with van der Waals surface area (Å²) in [5.41, 5.74) is 3.32. The molecule has 5 nitrogen and oxygen atoms in total. The molecular weight excluding hydrogens is 350 g/mol. The van der Waals surface area contributed by atoms with Crippen LogP contribution in [0.25, 0.3) is 0 Å². The van der Waals surface area contributed by atoms with Gasteiger partial charge < -0.3 is 15.0 Å². The summed E-state index contributed by atoms with van der Waals surface area (Å²) >= 11 is 0. The number of pyridine rings is 1. The van der Waals surface area contributed by atoms with Gasteiger partial charge in [-0.2, -0.15) is 0 Å². The lowest BCUT2D eigenvalue weighted by atomic mass is 10.2. The van der Waals surface area contributed by atoms with E-state index < -0.39 is 0 Å². The van der Waals surface area contributed by atoms with Crippen molar-refractivity contribution in [3.63, 3.8) is 0 Å². The number of benzene rings is 2. The van der Waals surface area contributed by atoms with Crippen molar-refractivity contribution in [2.45, 2.75) is 20.3 Å². The van der Waals surface area contributed by atoms with Crippen LogP contribution in [-0.4, -0.2) is 24.0 Å². The number of carbonyl (C=O) groups excluding carboxylic acids is 1. The second-order valence-electron chi connectivity index (χ2n) is 6.44. The fourth-order valence-corrected chi connectivity index (χ4v) is 2.91. The first kappa shape index (κ1) is 19.4. The molecule has 0 aliphatic heterocycles. The molecule has 1 aromatic heterocycles. The van der Waals surface area contributed by atoms with Crippen LogP contribution in [0.4, 0.5) is 17.2 Å². The van der Waals surface area contributed by atoms with Crippen molar-refractivity contribution >= 4 is 23.1 Å². The van der Waals surface area contributed by atoms with E-state index in [0.717, 1.165) is 23.7 Å². The molecule has 0 atom stereocenters. The summed E-state index contributed by atoms with van der Waals surface area (Å²) in [6.07, 6.45) is 2.05. The van der Waals surface area contributed by atoms with Crippen LogP contribution in [0.15, 0.2) is 72.9 Å². The molecule has 1 amide bonds. The number of carbonyl (C=O) groups is 1. The molecule has 2 aromatic carbocycles. The zero-order valence-corrected chi connectivity index (χ0v) is 16.3. The van der Waals surface area contributed by atoms with Crippen LogP contribution >= 0.6 is 0 Å². The molecule has 3 rings (SSSR count). The lowest BCUT2D eigenvalue weighted by molar-refractivity contribution is -0.116. The van der Waals surface area contributed by atoms with Gasteiger partial charge in [-0.1, -0.05) is 30.3 Å². The van der Waals surface area contributed by atoms with Crippen LogP contribution in [0.2, 0.25) is 0 Å². The summed E-state index contributed by atoms with van der Waals surface area (Å²) in [7, 11) is 0. The van der Waals surface area contributed by atoms with Gasteiger partial charge in [0.05, 0.1) is 24.9 Å². The molecule has 144 valence electrons. The van der Waals surface area contributed by atoms with Crippen LogP contribution in [0.1, 0.15) is 18.9 Å². The molecule has 5 heteroatoms. The van der Waals surface area contributed by atoms with Gasteiger partial charge in [0, 0.05) is 12.2 Å². The monoisotopic (exact) mass is 375 g/mol. The average molecular weight is 375 g/mol. The Hall–Kier alpha value is -3.34. The van der Waals surface area contributed by atoms with Gasteiger partial charge in [-0.25, -0.2) is 4.98 Å². The highest BCUT2D eigenvalue weighted by Crippen LogP contribution is 2.25. The quantitative estimate of drug-likeness (QED) is 0.605. The molecule has 0 bridgehead atoms. The Morgan fingerprint density at radius 3 is 2.54 bits per heavy atom. The van der Waals surface area contributed by atoms with E-state index in [1.165, 1.54) is 5.56 Å². The molecule has 3 aromatic rings. The van der Waals surface area contributed by atoms with Crippen LogP contribution in [0.3, 0.4) is 0 Å². The molecular formula is C23H25N3O2. The summed E-state index contributed by atoms with van der Waals surface area (Å²) < 4.78 is 5.55. The van der Waals surface area contributed by atoms with Gasteiger partial charge in [0.25, 0.3) is 0 Å². The Balaban J connectivity index is 1.55. The fourth-order valence-electron chi connectivity index (χ4n) is 2.91. The number of rotatable bonds is 8. The smallest absolute Gasteiger partial charge is 0.228 e. The second-order valence-corrected chi connectivity index (χ2v) is 6.44. The fraction of sp³-hybridized carbons (Fsp3) is 0.217.